The molecule has 0 bridgehead atoms. The van der Waals surface area contributed by atoms with Gasteiger partial charge < -0.3 is 10.2 Å². The summed E-state index contributed by atoms with van der Waals surface area (Å²) in [5, 5.41) is 3.79. The summed E-state index contributed by atoms with van der Waals surface area (Å²) in [4.78, 5) is 26.5. The van der Waals surface area contributed by atoms with Crippen LogP contribution in [0.3, 0.4) is 0 Å². The van der Waals surface area contributed by atoms with Gasteiger partial charge in [0.15, 0.2) is 5.13 Å². The number of piperidine rings is 1. The maximum absolute atomic E-state index is 11.9. The number of hydrogen-bond donors (Lipinski definition) is 1. The van der Waals surface area contributed by atoms with Crippen molar-refractivity contribution in [2.75, 3.05) is 38.1 Å². The van der Waals surface area contributed by atoms with Crippen LogP contribution in [0.4, 0.5) is 5.13 Å². The van der Waals surface area contributed by atoms with Gasteiger partial charge in [-0.25, -0.2) is 4.98 Å². The van der Waals surface area contributed by atoms with E-state index in [0.717, 1.165) is 39.7 Å². The van der Waals surface area contributed by atoms with Crippen molar-refractivity contribution in [3.63, 3.8) is 0 Å². The quantitative estimate of drug-likeness (QED) is 0.695. The van der Waals surface area contributed by atoms with Crippen molar-refractivity contribution in [3.05, 3.63) is 42.1 Å². The molecule has 0 aliphatic carbocycles. The number of nitrogens with zero attached hydrogens (tertiary/aromatic N) is 4. The molecule has 0 radical (unpaired) electrons. The Bertz CT molecular complexity index is 1060. The van der Waals surface area contributed by atoms with E-state index in [1.807, 2.05) is 12.1 Å². The summed E-state index contributed by atoms with van der Waals surface area (Å²) in [5.41, 5.74) is 3.46. The molecule has 0 saturated carbocycles. The number of hydrogen-bond acceptors (Lipinski definition) is 6. The van der Waals surface area contributed by atoms with Gasteiger partial charge in [-0.05, 0) is 56.6 Å². The maximum atomic E-state index is 11.9. The molecular weight excluding hydrogens is 394 g/mol. The average Bonchev–Trinajstić information content (AvgIpc) is 3.46. The van der Waals surface area contributed by atoms with Gasteiger partial charge in [-0.2, -0.15) is 0 Å². The van der Waals surface area contributed by atoms with Gasteiger partial charge in [-0.15, -0.1) is 0 Å². The number of aromatic nitrogens is 2. The zero-order valence-electron chi connectivity index (χ0n) is 17.3. The fraction of sp³-hybridized carbons (Fsp3) is 0.435. The molecule has 1 atom stereocenters. The van der Waals surface area contributed by atoms with Gasteiger partial charge >= 0.3 is 0 Å². The van der Waals surface area contributed by atoms with Gasteiger partial charge in [-0.3, -0.25) is 14.7 Å². The van der Waals surface area contributed by atoms with Crippen molar-refractivity contribution < 1.29 is 4.79 Å². The Balaban J connectivity index is 1.36. The Labute approximate surface area is 180 Å². The average molecular weight is 422 g/mol. The Hall–Kier alpha value is -2.51. The van der Waals surface area contributed by atoms with Crippen LogP contribution in [-0.2, 0) is 0 Å². The number of rotatable bonds is 4. The number of likely N-dealkylation sites (tertiary alicyclic amines) is 1. The lowest BCUT2D eigenvalue weighted by atomic mass is 10.1. The standard InChI is InChI=1S/C23H27N5OS/c1-24-22(29)17-7-9-25-20(13-17)16-5-6-19-21(14-16)30-23(26-19)28-12-8-18(15-28)27-10-3-2-4-11-27/h5-7,9,13-14,18H,2-4,8,10-12,15H2,1H3,(H,24,29). The third-order valence-electron chi connectivity index (χ3n) is 6.26. The molecule has 2 aliphatic rings. The summed E-state index contributed by atoms with van der Waals surface area (Å²) in [7, 11) is 1.64. The van der Waals surface area contributed by atoms with Gasteiger partial charge in [0.25, 0.3) is 5.91 Å². The molecule has 3 aromatic rings. The number of pyridine rings is 1. The molecule has 1 unspecified atom stereocenters. The van der Waals surface area contributed by atoms with Crippen molar-refractivity contribution >= 4 is 32.6 Å². The molecule has 6 nitrogen and oxygen atoms in total. The van der Waals surface area contributed by atoms with Gasteiger partial charge in [0.05, 0.1) is 15.9 Å². The van der Waals surface area contributed by atoms with Crippen LogP contribution in [0.25, 0.3) is 21.5 Å². The Morgan fingerprint density at radius 3 is 2.83 bits per heavy atom. The van der Waals surface area contributed by atoms with Crippen LogP contribution in [-0.4, -0.2) is 60.0 Å². The highest BCUT2D eigenvalue weighted by molar-refractivity contribution is 7.22. The largest absolute Gasteiger partial charge is 0.355 e. The summed E-state index contributed by atoms with van der Waals surface area (Å²) < 4.78 is 1.16. The van der Waals surface area contributed by atoms with Gasteiger partial charge in [0, 0.05) is 43.5 Å². The molecule has 2 saturated heterocycles. The first kappa shape index (κ1) is 19.5. The predicted molar refractivity (Wildman–Crippen MR) is 122 cm³/mol. The molecule has 0 spiro atoms. The summed E-state index contributed by atoms with van der Waals surface area (Å²) in [6, 6.07) is 10.5. The number of amides is 1. The zero-order valence-corrected chi connectivity index (χ0v) is 18.1. The summed E-state index contributed by atoms with van der Waals surface area (Å²) in [6.45, 7) is 4.68. The van der Waals surface area contributed by atoms with Crippen LogP contribution in [0, 0.1) is 0 Å². The highest BCUT2D eigenvalue weighted by atomic mass is 32.1. The monoisotopic (exact) mass is 421 g/mol. The minimum absolute atomic E-state index is 0.0999. The third-order valence-corrected chi connectivity index (χ3v) is 7.34. The normalized spacial score (nSPS) is 20.0. The Morgan fingerprint density at radius 2 is 2.00 bits per heavy atom. The molecule has 2 fully saturated rings. The number of nitrogens with one attached hydrogen (secondary N) is 1. The minimum Gasteiger partial charge on any atom is -0.355 e. The Morgan fingerprint density at radius 1 is 1.13 bits per heavy atom. The lowest BCUT2D eigenvalue weighted by Crippen LogP contribution is -2.40. The molecule has 30 heavy (non-hydrogen) atoms. The number of carbonyl (C=O) groups excluding carboxylic acids is 1. The summed E-state index contributed by atoms with van der Waals surface area (Å²) >= 11 is 1.76. The maximum Gasteiger partial charge on any atom is 0.251 e. The molecular formula is C23H27N5OS. The van der Waals surface area contributed by atoms with E-state index in [1.165, 1.54) is 38.8 Å². The van der Waals surface area contributed by atoms with E-state index in [9.17, 15) is 4.79 Å². The molecule has 2 aromatic heterocycles. The van der Waals surface area contributed by atoms with Crippen LogP contribution < -0.4 is 10.2 Å². The summed E-state index contributed by atoms with van der Waals surface area (Å²) in [6.07, 6.45) is 6.99. The van der Waals surface area contributed by atoms with Crippen LogP contribution >= 0.6 is 11.3 Å². The molecule has 7 heteroatoms. The first-order valence-corrected chi connectivity index (χ1v) is 11.6. The highest BCUT2D eigenvalue weighted by Gasteiger charge is 2.30. The van der Waals surface area contributed by atoms with Crippen LogP contribution in [0.15, 0.2) is 36.5 Å². The zero-order chi connectivity index (χ0) is 20.5. The van der Waals surface area contributed by atoms with Gasteiger partial charge in [0.1, 0.15) is 0 Å². The lowest BCUT2D eigenvalue weighted by Gasteiger charge is -2.32. The lowest BCUT2D eigenvalue weighted by molar-refractivity contribution is 0.0963. The topological polar surface area (TPSA) is 61.4 Å². The van der Waals surface area contributed by atoms with E-state index < -0.39 is 0 Å². The van der Waals surface area contributed by atoms with Crippen molar-refractivity contribution in [1.82, 2.24) is 20.2 Å². The summed E-state index contributed by atoms with van der Waals surface area (Å²) in [5.74, 6) is -0.0999. The highest BCUT2D eigenvalue weighted by Crippen LogP contribution is 2.34. The van der Waals surface area contributed by atoms with E-state index in [2.05, 4.69) is 32.2 Å². The molecule has 5 rings (SSSR count). The molecule has 4 heterocycles. The molecule has 156 valence electrons. The first-order valence-electron chi connectivity index (χ1n) is 10.8. The van der Waals surface area contributed by atoms with E-state index in [0.29, 0.717) is 11.6 Å². The van der Waals surface area contributed by atoms with Crippen molar-refractivity contribution in [3.8, 4) is 11.3 Å². The number of fused-ring (bicyclic) bond motifs is 1. The van der Waals surface area contributed by atoms with Crippen LogP contribution in [0.5, 0.6) is 0 Å². The SMILES string of the molecule is CNC(=O)c1ccnc(-c2ccc3nc(N4CCC(N5CCCCC5)C4)sc3c2)c1. The third kappa shape index (κ3) is 3.79. The number of thiazole rings is 1. The molecule has 1 amide bonds. The number of anilines is 1. The smallest absolute Gasteiger partial charge is 0.251 e. The fourth-order valence-electron chi connectivity index (χ4n) is 4.58. The van der Waals surface area contributed by atoms with E-state index in [4.69, 9.17) is 4.98 Å². The second-order valence-corrected chi connectivity index (χ2v) is 9.18. The number of benzene rings is 1. The fourth-order valence-corrected chi connectivity index (χ4v) is 5.62. The van der Waals surface area contributed by atoms with Gasteiger partial charge in [0.2, 0.25) is 0 Å². The second kappa shape index (κ2) is 8.32. The van der Waals surface area contributed by atoms with Gasteiger partial charge in [-0.1, -0.05) is 23.8 Å². The minimum atomic E-state index is -0.0999. The molecule has 2 aliphatic heterocycles. The Kier molecular flexibility index (Phi) is 5.39. The van der Waals surface area contributed by atoms with E-state index in [-0.39, 0.29) is 5.91 Å². The van der Waals surface area contributed by atoms with E-state index >= 15 is 0 Å². The predicted octanol–water partition coefficient (Wildman–Crippen LogP) is 3.78. The molecule has 1 N–H and O–H groups in total. The first-order chi connectivity index (χ1) is 14.7. The molecule has 1 aromatic carbocycles. The van der Waals surface area contributed by atoms with Crippen LogP contribution in [0.2, 0.25) is 0 Å². The van der Waals surface area contributed by atoms with Crippen molar-refractivity contribution in [2.45, 2.75) is 31.7 Å². The van der Waals surface area contributed by atoms with Crippen LogP contribution in [0.1, 0.15) is 36.0 Å². The second-order valence-electron chi connectivity index (χ2n) is 8.17. The number of carbonyl (C=O) groups is 1. The van der Waals surface area contributed by atoms with E-state index in [1.54, 1.807) is 30.6 Å². The van der Waals surface area contributed by atoms with Crippen molar-refractivity contribution in [1.29, 1.82) is 0 Å². The van der Waals surface area contributed by atoms with Crippen molar-refractivity contribution in [2.24, 2.45) is 0 Å².